The summed E-state index contributed by atoms with van der Waals surface area (Å²) in [6.07, 6.45) is 2.66. The maximum absolute atomic E-state index is 6.42. The van der Waals surface area contributed by atoms with Crippen molar-refractivity contribution < 1.29 is 4.42 Å². The van der Waals surface area contributed by atoms with E-state index in [2.05, 4.69) is 73.4 Å². The lowest BCUT2D eigenvalue weighted by Crippen LogP contribution is -1.95. The Morgan fingerprint density at radius 1 is 0.933 bits per heavy atom. The van der Waals surface area contributed by atoms with Crippen molar-refractivity contribution >= 4 is 21.9 Å². The van der Waals surface area contributed by atoms with E-state index in [1.54, 1.807) is 0 Å². The van der Waals surface area contributed by atoms with E-state index in [1.165, 1.54) is 11.1 Å². The van der Waals surface area contributed by atoms with Gasteiger partial charge in [-0.25, -0.2) is 0 Å². The summed E-state index contributed by atoms with van der Waals surface area (Å²) in [6.45, 7) is 6.42. The number of rotatable bonds is 4. The van der Waals surface area contributed by atoms with E-state index in [-0.39, 0.29) is 0 Å². The predicted octanol–water partition coefficient (Wildman–Crippen LogP) is 7.07. The van der Waals surface area contributed by atoms with Crippen LogP contribution in [0, 0.1) is 6.92 Å². The normalized spacial score (nSPS) is 11.6. The Morgan fingerprint density at radius 3 is 2.57 bits per heavy atom. The van der Waals surface area contributed by atoms with E-state index in [9.17, 15) is 0 Å². The van der Waals surface area contributed by atoms with Crippen LogP contribution in [0.3, 0.4) is 0 Å². The molecule has 0 amide bonds. The molecule has 148 valence electrons. The van der Waals surface area contributed by atoms with Gasteiger partial charge < -0.3 is 4.42 Å². The van der Waals surface area contributed by atoms with Crippen molar-refractivity contribution in [3.63, 3.8) is 0 Å². The highest BCUT2D eigenvalue weighted by Gasteiger charge is 2.17. The molecule has 0 atom stereocenters. The lowest BCUT2D eigenvalue weighted by molar-refractivity contribution is 0.668. The number of fused-ring (bicyclic) bond motifs is 3. The molecule has 0 radical (unpaired) electrons. The summed E-state index contributed by atoms with van der Waals surface area (Å²) in [6, 6.07) is 23.1. The maximum Gasteiger partial charge on any atom is 0.144 e. The topological polar surface area (TPSA) is 38.9 Å². The Bertz CT molecular complexity index is 1350. The molecule has 3 heteroatoms. The molecule has 2 aromatic carbocycles. The number of pyridine rings is 2. The molecule has 0 fully saturated rings. The first-order valence-electron chi connectivity index (χ1n) is 10.4. The van der Waals surface area contributed by atoms with Gasteiger partial charge in [-0.1, -0.05) is 56.3 Å². The van der Waals surface area contributed by atoms with Crippen molar-refractivity contribution in [2.75, 3.05) is 0 Å². The van der Waals surface area contributed by atoms with Crippen LogP contribution in [0.15, 0.2) is 77.3 Å². The molecule has 5 aromatic rings. The number of hydrogen-bond donors (Lipinski definition) is 0. The zero-order valence-corrected chi connectivity index (χ0v) is 17.5. The van der Waals surface area contributed by atoms with Crippen LogP contribution in [-0.2, 0) is 6.42 Å². The van der Waals surface area contributed by atoms with Crippen LogP contribution in [0.2, 0.25) is 0 Å². The molecule has 3 nitrogen and oxygen atoms in total. The Kier molecular flexibility index (Phi) is 4.59. The quantitative estimate of drug-likeness (QED) is 0.328. The van der Waals surface area contributed by atoms with Crippen molar-refractivity contribution in [2.45, 2.75) is 33.1 Å². The first kappa shape index (κ1) is 18.6. The monoisotopic (exact) mass is 392 g/mol. The lowest BCUT2D eigenvalue weighted by atomic mass is 9.99. The van der Waals surface area contributed by atoms with Gasteiger partial charge in [-0.05, 0) is 42.2 Å². The molecule has 0 saturated heterocycles. The smallest absolute Gasteiger partial charge is 0.144 e. The van der Waals surface area contributed by atoms with E-state index < -0.39 is 0 Å². The largest absolute Gasteiger partial charge is 0.455 e. The SMILES string of the molecule is Cc1cc2oc3c(-c4cc(C(C)C)ccn4)cccc3c2c(Cc2ccccc2)n1. The molecule has 0 aliphatic heterocycles. The third-order valence-corrected chi connectivity index (χ3v) is 5.62. The number of benzene rings is 2. The summed E-state index contributed by atoms with van der Waals surface area (Å²) in [4.78, 5) is 9.53. The molecule has 5 rings (SSSR count). The van der Waals surface area contributed by atoms with Crippen molar-refractivity contribution in [1.82, 2.24) is 9.97 Å². The Labute approximate surface area is 176 Å². The van der Waals surface area contributed by atoms with Crippen LogP contribution in [0.5, 0.6) is 0 Å². The van der Waals surface area contributed by atoms with Gasteiger partial charge in [-0.15, -0.1) is 0 Å². The molecule has 0 unspecified atom stereocenters. The minimum atomic E-state index is 0.450. The predicted molar refractivity (Wildman–Crippen MR) is 123 cm³/mol. The van der Waals surface area contributed by atoms with Crippen LogP contribution < -0.4 is 0 Å². The summed E-state index contributed by atoms with van der Waals surface area (Å²) < 4.78 is 6.42. The second-order valence-electron chi connectivity index (χ2n) is 8.16. The molecule has 0 aliphatic carbocycles. The Hall–Kier alpha value is -3.46. The molecular formula is C27H24N2O. The second kappa shape index (κ2) is 7.42. The van der Waals surface area contributed by atoms with Crippen molar-refractivity contribution in [2.24, 2.45) is 0 Å². The van der Waals surface area contributed by atoms with Crippen LogP contribution in [0.25, 0.3) is 33.2 Å². The zero-order valence-electron chi connectivity index (χ0n) is 17.5. The molecule has 0 aliphatic rings. The molecule has 0 spiro atoms. The fraction of sp³-hybridized carbons (Fsp3) is 0.185. The fourth-order valence-electron chi connectivity index (χ4n) is 4.10. The average molecular weight is 393 g/mol. The van der Waals surface area contributed by atoms with Gasteiger partial charge in [-0.2, -0.15) is 0 Å². The average Bonchev–Trinajstić information content (AvgIpc) is 3.13. The first-order chi connectivity index (χ1) is 14.6. The Balaban J connectivity index is 1.73. The van der Waals surface area contributed by atoms with E-state index in [1.807, 2.05) is 25.3 Å². The van der Waals surface area contributed by atoms with Crippen molar-refractivity contribution in [1.29, 1.82) is 0 Å². The van der Waals surface area contributed by atoms with Crippen molar-refractivity contribution in [3.8, 4) is 11.3 Å². The number of aromatic nitrogens is 2. The molecule has 0 bridgehead atoms. The highest BCUT2D eigenvalue weighted by Crippen LogP contribution is 2.37. The van der Waals surface area contributed by atoms with Gasteiger partial charge in [0.2, 0.25) is 0 Å². The lowest BCUT2D eigenvalue weighted by Gasteiger charge is -2.08. The molecule has 3 heterocycles. The molecule has 30 heavy (non-hydrogen) atoms. The highest BCUT2D eigenvalue weighted by atomic mass is 16.3. The number of aryl methyl sites for hydroxylation is 1. The minimum absolute atomic E-state index is 0.450. The maximum atomic E-state index is 6.42. The molecule has 0 saturated carbocycles. The third-order valence-electron chi connectivity index (χ3n) is 5.62. The standard InChI is InChI=1S/C27H24N2O/c1-17(2)20-12-13-28-23(16-20)21-10-7-11-22-26-24(15-19-8-5-4-6-9-19)29-18(3)14-25(26)30-27(21)22/h4-14,16-17H,15H2,1-3H3. The zero-order chi connectivity index (χ0) is 20.7. The van der Waals surface area contributed by atoms with Gasteiger partial charge in [-0.3, -0.25) is 9.97 Å². The second-order valence-corrected chi connectivity index (χ2v) is 8.16. The summed E-state index contributed by atoms with van der Waals surface area (Å²) in [7, 11) is 0. The number of para-hydroxylation sites is 1. The summed E-state index contributed by atoms with van der Waals surface area (Å²) >= 11 is 0. The number of hydrogen-bond acceptors (Lipinski definition) is 3. The van der Waals surface area contributed by atoms with Gasteiger partial charge in [0.1, 0.15) is 11.2 Å². The van der Waals surface area contributed by atoms with Gasteiger partial charge >= 0.3 is 0 Å². The van der Waals surface area contributed by atoms with E-state index in [4.69, 9.17) is 9.40 Å². The van der Waals surface area contributed by atoms with E-state index in [0.29, 0.717) is 5.92 Å². The summed E-state index contributed by atoms with van der Waals surface area (Å²) in [5.41, 5.74) is 8.27. The van der Waals surface area contributed by atoms with Crippen LogP contribution in [0.4, 0.5) is 0 Å². The fourth-order valence-corrected chi connectivity index (χ4v) is 4.10. The minimum Gasteiger partial charge on any atom is -0.455 e. The van der Waals surface area contributed by atoms with Crippen LogP contribution >= 0.6 is 0 Å². The third kappa shape index (κ3) is 3.26. The first-order valence-corrected chi connectivity index (χ1v) is 10.4. The molecule has 3 aromatic heterocycles. The number of furan rings is 1. The van der Waals surface area contributed by atoms with Gasteiger partial charge in [0.05, 0.1) is 16.8 Å². The van der Waals surface area contributed by atoms with Crippen molar-refractivity contribution in [3.05, 3.63) is 95.4 Å². The van der Waals surface area contributed by atoms with E-state index >= 15 is 0 Å². The Morgan fingerprint density at radius 2 is 1.77 bits per heavy atom. The summed E-state index contributed by atoms with van der Waals surface area (Å²) in [5, 5.41) is 2.19. The van der Waals surface area contributed by atoms with Gasteiger partial charge in [0.15, 0.2) is 0 Å². The van der Waals surface area contributed by atoms with Gasteiger partial charge in [0.25, 0.3) is 0 Å². The molecule has 0 N–H and O–H groups in total. The van der Waals surface area contributed by atoms with E-state index in [0.717, 1.165) is 51.0 Å². The van der Waals surface area contributed by atoms with Crippen LogP contribution in [0.1, 0.15) is 42.3 Å². The van der Waals surface area contributed by atoms with Gasteiger partial charge in [0, 0.05) is 35.3 Å². The molecular weight excluding hydrogens is 368 g/mol. The van der Waals surface area contributed by atoms with Crippen LogP contribution in [-0.4, -0.2) is 9.97 Å². The summed E-state index contributed by atoms with van der Waals surface area (Å²) in [5.74, 6) is 0.450. The number of nitrogens with zero attached hydrogens (tertiary/aromatic N) is 2. The highest BCUT2D eigenvalue weighted by molar-refractivity contribution is 6.10.